The first-order valence-electron chi connectivity index (χ1n) is 6.50. The van der Waals surface area contributed by atoms with Crippen LogP contribution in [0.15, 0.2) is 23.1 Å². The fourth-order valence-electron chi connectivity index (χ4n) is 2.41. The van der Waals surface area contributed by atoms with Crippen molar-refractivity contribution in [3.05, 3.63) is 23.8 Å². The standard InChI is InChI=1S/C13H20BNO2S/c1-3-6-14(2)12-5-4-10(18-15)9-11(12)13-16-7-8-17-13/h4-5,9,13H,3,6-8,15H2,1-2H3. The molecule has 0 bridgehead atoms. The van der Waals surface area contributed by atoms with Crippen LogP contribution in [0, 0.1) is 0 Å². The zero-order valence-corrected chi connectivity index (χ0v) is 11.8. The van der Waals surface area contributed by atoms with Crippen molar-refractivity contribution in [3.63, 3.8) is 0 Å². The number of nitrogens with two attached hydrogens (primary N) is 1. The van der Waals surface area contributed by atoms with Gasteiger partial charge in [0.25, 0.3) is 0 Å². The maximum absolute atomic E-state index is 5.64. The van der Waals surface area contributed by atoms with Crippen LogP contribution < -0.4 is 10.6 Å². The smallest absolute Gasteiger partial charge is 0.183 e. The van der Waals surface area contributed by atoms with E-state index in [1.54, 1.807) is 0 Å². The molecule has 2 N–H and O–H groups in total. The molecular weight excluding hydrogens is 245 g/mol. The molecule has 0 aromatic heterocycles. The van der Waals surface area contributed by atoms with E-state index in [1.807, 2.05) is 0 Å². The summed E-state index contributed by atoms with van der Waals surface area (Å²) in [6.07, 6.45) is 2.14. The molecule has 1 heterocycles. The van der Waals surface area contributed by atoms with Crippen molar-refractivity contribution < 1.29 is 9.47 Å². The van der Waals surface area contributed by atoms with E-state index in [9.17, 15) is 0 Å². The van der Waals surface area contributed by atoms with Gasteiger partial charge in [-0.3, -0.25) is 5.14 Å². The van der Waals surface area contributed by atoms with Gasteiger partial charge >= 0.3 is 0 Å². The molecule has 0 unspecified atom stereocenters. The fourth-order valence-corrected chi connectivity index (χ4v) is 2.75. The molecule has 0 amide bonds. The monoisotopic (exact) mass is 265 g/mol. The molecule has 1 aromatic carbocycles. The molecule has 2 rings (SSSR count). The van der Waals surface area contributed by atoms with E-state index >= 15 is 0 Å². The molecule has 3 nitrogen and oxygen atoms in total. The highest BCUT2D eigenvalue weighted by molar-refractivity contribution is 7.97. The van der Waals surface area contributed by atoms with Crippen molar-refractivity contribution >= 4 is 24.1 Å². The predicted octanol–water partition coefficient (Wildman–Crippen LogP) is 2.44. The maximum atomic E-state index is 5.64. The Bertz CT molecular complexity index is 397. The van der Waals surface area contributed by atoms with Crippen LogP contribution in [-0.2, 0) is 9.47 Å². The highest BCUT2D eigenvalue weighted by Gasteiger charge is 2.24. The third kappa shape index (κ3) is 3.09. The second-order valence-corrected chi connectivity index (χ2v) is 5.38. The Labute approximate surface area is 114 Å². The summed E-state index contributed by atoms with van der Waals surface area (Å²) in [5, 5.41) is 5.64. The van der Waals surface area contributed by atoms with Crippen molar-refractivity contribution in [2.75, 3.05) is 13.2 Å². The molecule has 0 aliphatic carbocycles. The van der Waals surface area contributed by atoms with E-state index in [-0.39, 0.29) is 6.29 Å². The van der Waals surface area contributed by atoms with Crippen LogP contribution >= 0.6 is 11.9 Å². The SMILES string of the molecule is CCCB(C)c1ccc(SN)cc1C1OCCO1. The van der Waals surface area contributed by atoms with Gasteiger partial charge in [-0.15, -0.1) is 0 Å². The van der Waals surface area contributed by atoms with Crippen molar-refractivity contribution in [1.82, 2.24) is 0 Å². The summed E-state index contributed by atoms with van der Waals surface area (Å²) >= 11 is 1.26. The van der Waals surface area contributed by atoms with Crippen molar-refractivity contribution in [1.29, 1.82) is 0 Å². The Hall–Kier alpha value is -0.485. The lowest BCUT2D eigenvalue weighted by atomic mass is 9.43. The number of hydrogen-bond acceptors (Lipinski definition) is 4. The predicted molar refractivity (Wildman–Crippen MR) is 77.5 cm³/mol. The van der Waals surface area contributed by atoms with Gasteiger partial charge in [-0.05, 0) is 24.1 Å². The van der Waals surface area contributed by atoms with Gasteiger partial charge in [0, 0.05) is 10.5 Å². The van der Waals surface area contributed by atoms with Gasteiger partial charge in [-0.25, -0.2) is 0 Å². The second-order valence-electron chi connectivity index (χ2n) is 4.67. The molecule has 1 aliphatic rings. The molecule has 0 spiro atoms. The summed E-state index contributed by atoms with van der Waals surface area (Å²) < 4.78 is 11.3. The van der Waals surface area contributed by atoms with E-state index in [0.717, 1.165) is 10.5 Å². The largest absolute Gasteiger partial charge is 0.346 e. The van der Waals surface area contributed by atoms with Gasteiger partial charge in [-0.2, -0.15) is 0 Å². The van der Waals surface area contributed by atoms with Gasteiger partial charge in [0.15, 0.2) is 13.0 Å². The lowest BCUT2D eigenvalue weighted by Crippen LogP contribution is -2.31. The fraction of sp³-hybridized carbons (Fsp3) is 0.538. The quantitative estimate of drug-likeness (QED) is 0.656. The Morgan fingerprint density at radius 3 is 2.72 bits per heavy atom. The maximum Gasteiger partial charge on any atom is 0.183 e. The van der Waals surface area contributed by atoms with Gasteiger partial charge in [-0.1, -0.05) is 38.0 Å². The molecule has 1 aromatic rings. The Balaban J connectivity index is 2.31. The van der Waals surface area contributed by atoms with Crippen LogP contribution in [0.3, 0.4) is 0 Å². The first-order valence-corrected chi connectivity index (χ1v) is 7.38. The van der Waals surface area contributed by atoms with Crippen LogP contribution in [-0.4, -0.2) is 19.9 Å². The number of hydrogen-bond donors (Lipinski definition) is 1. The molecule has 1 fully saturated rings. The van der Waals surface area contributed by atoms with Gasteiger partial charge in [0.2, 0.25) is 0 Å². The topological polar surface area (TPSA) is 44.5 Å². The first-order chi connectivity index (χ1) is 8.76. The highest BCUT2D eigenvalue weighted by Crippen LogP contribution is 2.25. The van der Waals surface area contributed by atoms with Crippen LogP contribution in [0.4, 0.5) is 0 Å². The second kappa shape index (κ2) is 6.61. The normalized spacial score (nSPS) is 16.2. The average molecular weight is 265 g/mol. The third-order valence-corrected chi connectivity index (χ3v) is 3.85. The molecule has 1 saturated heterocycles. The number of benzene rings is 1. The van der Waals surface area contributed by atoms with E-state index in [2.05, 4.69) is 31.9 Å². The van der Waals surface area contributed by atoms with Crippen LogP contribution in [0.1, 0.15) is 25.2 Å². The minimum absolute atomic E-state index is 0.216. The highest BCUT2D eigenvalue weighted by atomic mass is 32.2. The molecule has 5 heteroatoms. The van der Waals surface area contributed by atoms with Crippen LogP contribution in [0.5, 0.6) is 0 Å². The minimum atomic E-state index is -0.216. The lowest BCUT2D eigenvalue weighted by molar-refractivity contribution is -0.0435. The van der Waals surface area contributed by atoms with Gasteiger partial charge in [0.1, 0.15) is 0 Å². The third-order valence-electron chi connectivity index (χ3n) is 3.32. The molecule has 18 heavy (non-hydrogen) atoms. The van der Waals surface area contributed by atoms with Gasteiger partial charge in [0.05, 0.1) is 13.2 Å². The molecule has 0 atom stereocenters. The van der Waals surface area contributed by atoms with E-state index in [1.165, 1.54) is 30.2 Å². The van der Waals surface area contributed by atoms with E-state index in [4.69, 9.17) is 14.6 Å². The molecule has 1 aliphatic heterocycles. The summed E-state index contributed by atoms with van der Waals surface area (Å²) in [6, 6.07) is 6.34. The average Bonchev–Trinajstić information content (AvgIpc) is 2.92. The molecular formula is C13H20BNO2S. The number of rotatable bonds is 5. The van der Waals surface area contributed by atoms with Crippen molar-refractivity contribution in [2.45, 2.75) is 37.7 Å². The van der Waals surface area contributed by atoms with Gasteiger partial charge < -0.3 is 9.47 Å². The Morgan fingerprint density at radius 1 is 1.39 bits per heavy atom. The first kappa shape index (κ1) is 13.9. The zero-order chi connectivity index (χ0) is 13.0. The summed E-state index contributed by atoms with van der Waals surface area (Å²) in [7, 11) is 0. The van der Waals surface area contributed by atoms with Crippen LogP contribution in [0.25, 0.3) is 0 Å². The Kier molecular flexibility index (Phi) is 5.12. The Morgan fingerprint density at radius 2 is 2.11 bits per heavy atom. The van der Waals surface area contributed by atoms with Crippen molar-refractivity contribution in [3.8, 4) is 0 Å². The molecule has 0 radical (unpaired) electrons. The zero-order valence-electron chi connectivity index (χ0n) is 11.0. The molecule has 0 saturated carbocycles. The number of ether oxygens (including phenoxy) is 2. The van der Waals surface area contributed by atoms with Crippen molar-refractivity contribution in [2.24, 2.45) is 5.14 Å². The lowest BCUT2D eigenvalue weighted by Gasteiger charge is -2.18. The van der Waals surface area contributed by atoms with E-state index in [0.29, 0.717) is 19.9 Å². The minimum Gasteiger partial charge on any atom is -0.346 e. The summed E-state index contributed by atoms with van der Waals surface area (Å²) in [4.78, 5) is 1.05. The summed E-state index contributed by atoms with van der Waals surface area (Å²) in [5.74, 6) is 0. The van der Waals surface area contributed by atoms with E-state index < -0.39 is 0 Å². The summed E-state index contributed by atoms with van der Waals surface area (Å²) in [6.45, 7) is 6.34. The molecule has 98 valence electrons. The summed E-state index contributed by atoms with van der Waals surface area (Å²) in [5.41, 5.74) is 2.46. The van der Waals surface area contributed by atoms with Crippen LogP contribution in [0.2, 0.25) is 13.1 Å².